The maximum Gasteiger partial charge on any atom is 0.0477 e. The standard InChI is InChI=1S/C13H19NO2S/c14-13-4-2-1-3-11(13)7-10-17(15)12-5-8-16-9-6-12/h1-4,12H,5-10,14H2. The SMILES string of the molecule is Nc1ccccc1CCS(=O)C1CCOCC1. The van der Waals surface area contributed by atoms with E-state index in [1.165, 1.54) is 0 Å². The molecular weight excluding hydrogens is 234 g/mol. The van der Waals surface area contributed by atoms with E-state index in [1.54, 1.807) is 0 Å². The van der Waals surface area contributed by atoms with Gasteiger partial charge in [0.25, 0.3) is 0 Å². The molecule has 1 atom stereocenters. The lowest BCUT2D eigenvalue weighted by molar-refractivity contribution is 0.0992. The molecule has 4 heteroatoms. The van der Waals surface area contributed by atoms with Crippen LogP contribution in [0.4, 0.5) is 5.69 Å². The largest absolute Gasteiger partial charge is 0.399 e. The third-order valence-electron chi connectivity index (χ3n) is 3.17. The summed E-state index contributed by atoms with van der Waals surface area (Å²) in [4.78, 5) is 0. The van der Waals surface area contributed by atoms with Crippen LogP contribution in [0.3, 0.4) is 0 Å². The molecule has 1 unspecified atom stereocenters. The fourth-order valence-corrected chi connectivity index (χ4v) is 3.55. The summed E-state index contributed by atoms with van der Waals surface area (Å²) in [5, 5.41) is 0.314. The number of benzene rings is 1. The Morgan fingerprint density at radius 3 is 2.71 bits per heavy atom. The van der Waals surface area contributed by atoms with Crippen molar-refractivity contribution in [2.24, 2.45) is 0 Å². The number of nitrogen functional groups attached to an aromatic ring is 1. The number of hydrogen-bond acceptors (Lipinski definition) is 3. The average molecular weight is 253 g/mol. The molecule has 1 heterocycles. The van der Waals surface area contributed by atoms with E-state index in [-0.39, 0.29) is 0 Å². The Kier molecular flexibility index (Phi) is 4.57. The van der Waals surface area contributed by atoms with E-state index < -0.39 is 10.8 Å². The van der Waals surface area contributed by atoms with Gasteiger partial charge < -0.3 is 10.5 Å². The molecule has 0 radical (unpaired) electrons. The maximum atomic E-state index is 12.1. The second kappa shape index (κ2) is 6.17. The fraction of sp³-hybridized carbons (Fsp3) is 0.538. The van der Waals surface area contributed by atoms with Crippen LogP contribution in [0.5, 0.6) is 0 Å². The summed E-state index contributed by atoms with van der Waals surface area (Å²) in [6, 6.07) is 7.81. The number of ether oxygens (including phenoxy) is 1. The van der Waals surface area contributed by atoms with Gasteiger partial charge in [-0.2, -0.15) is 0 Å². The van der Waals surface area contributed by atoms with Crippen LogP contribution in [0.2, 0.25) is 0 Å². The number of aryl methyl sites for hydroxylation is 1. The Hall–Kier alpha value is -0.870. The molecule has 0 aromatic heterocycles. The van der Waals surface area contributed by atoms with Crippen LogP contribution in [0.15, 0.2) is 24.3 Å². The quantitative estimate of drug-likeness (QED) is 0.832. The van der Waals surface area contributed by atoms with E-state index in [2.05, 4.69) is 0 Å². The minimum Gasteiger partial charge on any atom is -0.399 e. The van der Waals surface area contributed by atoms with E-state index in [0.29, 0.717) is 11.0 Å². The highest BCUT2D eigenvalue weighted by Gasteiger charge is 2.19. The van der Waals surface area contributed by atoms with Gasteiger partial charge in [-0.3, -0.25) is 4.21 Å². The molecule has 0 aliphatic carbocycles. The predicted octanol–water partition coefficient (Wildman–Crippen LogP) is 1.74. The molecule has 0 spiro atoms. The molecule has 0 bridgehead atoms. The zero-order valence-electron chi connectivity index (χ0n) is 9.93. The Labute approximate surface area is 105 Å². The Balaban J connectivity index is 1.85. The van der Waals surface area contributed by atoms with E-state index >= 15 is 0 Å². The third kappa shape index (κ3) is 3.54. The second-order valence-electron chi connectivity index (χ2n) is 4.35. The summed E-state index contributed by atoms with van der Waals surface area (Å²) < 4.78 is 17.4. The highest BCUT2D eigenvalue weighted by atomic mass is 32.2. The molecule has 2 N–H and O–H groups in total. The van der Waals surface area contributed by atoms with Gasteiger partial charge in [-0.1, -0.05) is 18.2 Å². The zero-order valence-corrected chi connectivity index (χ0v) is 10.7. The van der Waals surface area contributed by atoms with Gasteiger partial charge in [0.15, 0.2) is 0 Å². The van der Waals surface area contributed by atoms with Crippen LogP contribution in [0.1, 0.15) is 18.4 Å². The van der Waals surface area contributed by atoms with E-state index in [4.69, 9.17) is 10.5 Å². The van der Waals surface area contributed by atoms with Gasteiger partial charge in [0.2, 0.25) is 0 Å². The lowest BCUT2D eigenvalue weighted by Crippen LogP contribution is -2.26. The van der Waals surface area contributed by atoms with Gasteiger partial charge in [-0.05, 0) is 30.9 Å². The van der Waals surface area contributed by atoms with Crippen molar-refractivity contribution >= 4 is 16.5 Å². The van der Waals surface area contributed by atoms with Crippen molar-refractivity contribution in [2.45, 2.75) is 24.5 Å². The monoisotopic (exact) mass is 253 g/mol. The first kappa shape index (κ1) is 12.6. The number of rotatable bonds is 4. The van der Waals surface area contributed by atoms with Gasteiger partial charge in [-0.25, -0.2) is 0 Å². The summed E-state index contributed by atoms with van der Waals surface area (Å²) in [6.45, 7) is 1.51. The van der Waals surface area contributed by atoms with Crippen LogP contribution in [0, 0.1) is 0 Å². The first-order valence-corrected chi connectivity index (χ1v) is 7.44. The Bertz CT molecular complexity index is 389. The highest BCUT2D eigenvalue weighted by Crippen LogP contribution is 2.16. The van der Waals surface area contributed by atoms with Crippen LogP contribution >= 0.6 is 0 Å². The molecule has 2 rings (SSSR count). The Morgan fingerprint density at radius 2 is 2.00 bits per heavy atom. The van der Waals surface area contributed by atoms with Crippen molar-refractivity contribution in [3.05, 3.63) is 29.8 Å². The van der Waals surface area contributed by atoms with Crippen molar-refractivity contribution in [1.82, 2.24) is 0 Å². The number of nitrogens with two attached hydrogens (primary N) is 1. The van der Waals surface area contributed by atoms with Gasteiger partial charge in [0.05, 0.1) is 0 Å². The summed E-state index contributed by atoms with van der Waals surface area (Å²) in [5.41, 5.74) is 7.77. The lowest BCUT2D eigenvalue weighted by atomic mass is 10.1. The smallest absolute Gasteiger partial charge is 0.0477 e. The van der Waals surface area contributed by atoms with Crippen molar-refractivity contribution in [1.29, 1.82) is 0 Å². The topological polar surface area (TPSA) is 52.3 Å². The minimum atomic E-state index is -0.751. The number of para-hydroxylation sites is 1. The molecule has 1 aliphatic rings. The average Bonchev–Trinajstić information content (AvgIpc) is 2.38. The maximum absolute atomic E-state index is 12.1. The molecule has 1 aromatic rings. The van der Waals surface area contributed by atoms with Crippen LogP contribution in [-0.4, -0.2) is 28.4 Å². The molecule has 3 nitrogen and oxygen atoms in total. The predicted molar refractivity (Wildman–Crippen MR) is 71.4 cm³/mol. The molecule has 1 aromatic carbocycles. The van der Waals surface area contributed by atoms with Crippen molar-refractivity contribution in [3.8, 4) is 0 Å². The highest BCUT2D eigenvalue weighted by molar-refractivity contribution is 7.85. The number of anilines is 1. The van der Waals surface area contributed by atoms with E-state index in [0.717, 1.165) is 43.7 Å². The first-order chi connectivity index (χ1) is 8.27. The van der Waals surface area contributed by atoms with Gasteiger partial charge in [0, 0.05) is 40.7 Å². The normalized spacial score (nSPS) is 19.1. The Morgan fingerprint density at radius 1 is 1.29 bits per heavy atom. The van der Waals surface area contributed by atoms with Gasteiger partial charge in [-0.15, -0.1) is 0 Å². The zero-order chi connectivity index (χ0) is 12.1. The second-order valence-corrected chi connectivity index (χ2v) is 6.18. The van der Waals surface area contributed by atoms with Gasteiger partial charge >= 0.3 is 0 Å². The summed E-state index contributed by atoms with van der Waals surface area (Å²) in [6.07, 6.45) is 2.66. The van der Waals surface area contributed by atoms with Crippen LogP contribution < -0.4 is 5.73 Å². The molecule has 1 saturated heterocycles. The molecule has 0 saturated carbocycles. The molecule has 1 fully saturated rings. The van der Waals surface area contributed by atoms with Gasteiger partial charge in [0.1, 0.15) is 0 Å². The van der Waals surface area contributed by atoms with Crippen molar-refractivity contribution < 1.29 is 8.95 Å². The molecule has 94 valence electrons. The van der Waals surface area contributed by atoms with Crippen LogP contribution in [-0.2, 0) is 22.0 Å². The van der Waals surface area contributed by atoms with Crippen LogP contribution in [0.25, 0.3) is 0 Å². The first-order valence-electron chi connectivity index (χ1n) is 6.05. The number of hydrogen-bond donors (Lipinski definition) is 1. The lowest BCUT2D eigenvalue weighted by Gasteiger charge is -2.21. The van der Waals surface area contributed by atoms with Crippen molar-refractivity contribution in [3.63, 3.8) is 0 Å². The van der Waals surface area contributed by atoms with E-state index in [1.807, 2.05) is 24.3 Å². The molecule has 1 aliphatic heterocycles. The molecule has 17 heavy (non-hydrogen) atoms. The summed E-state index contributed by atoms with van der Waals surface area (Å²) >= 11 is 0. The molecule has 0 amide bonds. The summed E-state index contributed by atoms with van der Waals surface area (Å²) in [5.74, 6) is 0.707. The molecular formula is C13H19NO2S. The summed E-state index contributed by atoms with van der Waals surface area (Å²) in [7, 11) is -0.751. The van der Waals surface area contributed by atoms with Crippen molar-refractivity contribution in [2.75, 3.05) is 24.7 Å². The minimum absolute atomic E-state index is 0.314. The fourth-order valence-electron chi connectivity index (χ4n) is 2.08. The third-order valence-corrected chi connectivity index (χ3v) is 4.99. The van der Waals surface area contributed by atoms with E-state index in [9.17, 15) is 4.21 Å².